The van der Waals surface area contributed by atoms with E-state index in [4.69, 9.17) is 0 Å². The largest absolute Gasteiger partial charge is 0.371 e. The molecule has 0 saturated heterocycles. The molecule has 0 aliphatic carbocycles. The molecule has 24 heavy (non-hydrogen) atoms. The Morgan fingerprint density at radius 2 is 1.62 bits per heavy atom. The van der Waals surface area contributed by atoms with Crippen molar-refractivity contribution in [2.45, 2.75) is 39.5 Å². The normalized spacial score (nSPS) is 11.4. The van der Waals surface area contributed by atoms with Crippen molar-refractivity contribution in [3.05, 3.63) is 47.2 Å². The number of hydrogen-bond donors (Lipinski definition) is 1. The van der Waals surface area contributed by atoms with Gasteiger partial charge in [-0.2, -0.15) is 0 Å². The lowest BCUT2D eigenvalue weighted by molar-refractivity contribution is 0.600. The summed E-state index contributed by atoms with van der Waals surface area (Å²) in [6.07, 6.45) is 1.69. The van der Waals surface area contributed by atoms with Crippen molar-refractivity contribution in [1.29, 1.82) is 0 Å². The number of rotatable bonds is 6. The highest BCUT2D eigenvalue weighted by atomic mass is 32.2. The summed E-state index contributed by atoms with van der Waals surface area (Å²) in [5.74, 6) is 0.324. The molecule has 0 amide bonds. The third-order valence-corrected chi connectivity index (χ3v) is 5.65. The topological polar surface area (TPSA) is 62.3 Å². The van der Waals surface area contributed by atoms with Crippen LogP contribution in [-0.4, -0.2) is 26.5 Å². The fraction of sp³-hybridized carbons (Fsp3) is 0.389. The van der Waals surface area contributed by atoms with Crippen LogP contribution in [0.3, 0.4) is 0 Å². The summed E-state index contributed by atoms with van der Waals surface area (Å²) in [4.78, 5) is 6.73. The summed E-state index contributed by atoms with van der Waals surface area (Å²) < 4.78 is 28.0. The highest BCUT2D eigenvalue weighted by molar-refractivity contribution is 7.92. The van der Waals surface area contributed by atoms with Crippen LogP contribution >= 0.6 is 0 Å². The van der Waals surface area contributed by atoms with Crippen molar-refractivity contribution in [3.63, 3.8) is 0 Å². The number of sulfonamides is 1. The fourth-order valence-corrected chi connectivity index (χ4v) is 4.47. The van der Waals surface area contributed by atoms with Crippen LogP contribution in [0.25, 0.3) is 0 Å². The predicted molar refractivity (Wildman–Crippen MR) is 99.3 cm³/mol. The van der Waals surface area contributed by atoms with E-state index in [2.05, 4.69) is 28.5 Å². The van der Waals surface area contributed by atoms with Crippen molar-refractivity contribution in [2.24, 2.45) is 0 Å². The van der Waals surface area contributed by atoms with Gasteiger partial charge >= 0.3 is 0 Å². The molecule has 0 unspecified atom stereocenters. The van der Waals surface area contributed by atoms with Crippen LogP contribution in [-0.2, 0) is 10.0 Å². The molecule has 0 bridgehead atoms. The van der Waals surface area contributed by atoms with Crippen molar-refractivity contribution in [2.75, 3.05) is 22.7 Å². The minimum absolute atomic E-state index is 0.322. The molecule has 0 atom stereocenters. The Kier molecular flexibility index (Phi) is 5.49. The lowest BCUT2D eigenvalue weighted by Gasteiger charge is -2.20. The Bertz CT molecular complexity index is 788. The van der Waals surface area contributed by atoms with Crippen molar-refractivity contribution in [3.8, 4) is 0 Å². The van der Waals surface area contributed by atoms with E-state index in [1.54, 1.807) is 12.3 Å². The number of pyridine rings is 1. The van der Waals surface area contributed by atoms with Gasteiger partial charge in [0, 0.05) is 13.1 Å². The Morgan fingerprint density at radius 1 is 1.04 bits per heavy atom. The molecule has 5 nitrogen and oxygen atoms in total. The molecular formula is C18H25N3O2S. The van der Waals surface area contributed by atoms with Gasteiger partial charge in [0.25, 0.3) is 10.0 Å². The van der Waals surface area contributed by atoms with Crippen LogP contribution in [0.15, 0.2) is 35.4 Å². The number of aryl methyl sites for hydroxylation is 3. The van der Waals surface area contributed by atoms with Gasteiger partial charge in [0.2, 0.25) is 0 Å². The maximum Gasteiger partial charge on any atom is 0.263 e. The summed E-state index contributed by atoms with van der Waals surface area (Å²) in [6, 6.07) is 7.33. The monoisotopic (exact) mass is 347 g/mol. The van der Waals surface area contributed by atoms with E-state index >= 15 is 0 Å². The van der Waals surface area contributed by atoms with Gasteiger partial charge in [0.15, 0.2) is 0 Å². The zero-order chi connectivity index (χ0) is 17.9. The first-order valence-electron chi connectivity index (χ1n) is 8.10. The Balaban J connectivity index is 2.30. The molecule has 0 spiro atoms. The number of hydrogen-bond acceptors (Lipinski definition) is 4. The van der Waals surface area contributed by atoms with Crippen LogP contribution in [0.2, 0.25) is 0 Å². The number of nitrogens with zero attached hydrogens (tertiary/aromatic N) is 2. The molecule has 130 valence electrons. The predicted octanol–water partition coefficient (Wildman–Crippen LogP) is 3.65. The van der Waals surface area contributed by atoms with Crippen LogP contribution in [0.4, 0.5) is 11.5 Å². The zero-order valence-corrected chi connectivity index (χ0v) is 15.7. The SMILES string of the molecule is CCN(CC)c1ccc(NS(=O)(=O)c2c(C)cc(C)cc2C)nc1. The number of anilines is 2. The van der Waals surface area contributed by atoms with E-state index in [0.29, 0.717) is 10.7 Å². The minimum Gasteiger partial charge on any atom is -0.371 e. The van der Waals surface area contributed by atoms with Crippen molar-refractivity contribution in [1.82, 2.24) is 4.98 Å². The number of benzene rings is 1. The summed E-state index contributed by atoms with van der Waals surface area (Å²) in [7, 11) is -3.66. The highest BCUT2D eigenvalue weighted by Gasteiger charge is 2.20. The van der Waals surface area contributed by atoms with Gasteiger partial charge in [-0.05, 0) is 57.9 Å². The molecule has 0 saturated carbocycles. The molecule has 0 fully saturated rings. The molecular weight excluding hydrogens is 322 g/mol. The Hall–Kier alpha value is -2.08. The van der Waals surface area contributed by atoms with Gasteiger partial charge in [-0.1, -0.05) is 17.7 Å². The maximum atomic E-state index is 12.7. The Morgan fingerprint density at radius 3 is 2.08 bits per heavy atom. The fourth-order valence-electron chi connectivity index (χ4n) is 3.00. The average molecular weight is 347 g/mol. The number of aromatic nitrogens is 1. The number of nitrogens with one attached hydrogen (secondary N) is 1. The average Bonchev–Trinajstić information content (AvgIpc) is 2.48. The van der Waals surface area contributed by atoms with Crippen LogP contribution in [0, 0.1) is 20.8 Å². The molecule has 2 rings (SSSR count). The molecule has 1 aromatic heterocycles. The summed E-state index contributed by atoms with van der Waals surface area (Å²) in [6.45, 7) is 11.5. The first-order chi connectivity index (χ1) is 11.3. The van der Waals surface area contributed by atoms with E-state index in [9.17, 15) is 8.42 Å². The molecule has 0 radical (unpaired) electrons. The lowest BCUT2D eigenvalue weighted by atomic mass is 10.1. The molecule has 6 heteroatoms. The second-order valence-electron chi connectivity index (χ2n) is 5.91. The smallest absolute Gasteiger partial charge is 0.263 e. The van der Waals surface area contributed by atoms with Crippen molar-refractivity contribution >= 4 is 21.5 Å². The van der Waals surface area contributed by atoms with Gasteiger partial charge in [0.05, 0.1) is 16.8 Å². The van der Waals surface area contributed by atoms with Crippen LogP contribution in [0.5, 0.6) is 0 Å². The second kappa shape index (κ2) is 7.21. The second-order valence-corrected chi connectivity index (χ2v) is 7.53. The quantitative estimate of drug-likeness (QED) is 0.866. The first-order valence-corrected chi connectivity index (χ1v) is 9.58. The molecule has 1 aromatic carbocycles. The van der Waals surface area contributed by atoms with E-state index in [1.807, 2.05) is 39.0 Å². The summed E-state index contributed by atoms with van der Waals surface area (Å²) >= 11 is 0. The van der Waals surface area contributed by atoms with Gasteiger partial charge in [-0.25, -0.2) is 13.4 Å². The zero-order valence-electron chi connectivity index (χ0n) is 14.9. The summed E-state index contributed by atoms with van der Waals surface area (Å²) in [5.41, 5.74) is 3.50. The van der Waals surface area contributed by atoms with E-state index in [1.165, 1.54) is 0 Å². The molecule has 2 aromatic rings. The minimum atomic E-state index is -3.66. The van der Waals surface area contributed by atoms with Gasteiger partial charge < -0.3 is 4.90 Å². The van der Waals surface area contributed by atoms with E-state index < -0.39 is 10.0 Å². The third kappa shape index (κ3) is 3.87. The molecule has 1 N–H and O–H groups in total. The lowest BCUT2D eigenvalue weighted by Crippen LogP contribution is -2.22. The van der Waals surface area contributed by atoms with Gasteiger partial charge in [0.1, 0.15) is 5.82 Å². The van der Waals surface area contributed by atoms with Gasteiger partial charge in [-0.3, -0.25) is 4.72 Å². The van der Waals surface area contributed by atoms with Crippen molar-refractivity contribution < 1.29 is 8.42 Å². The van der Waals surface area contributed by atoms with Crippen LogP contribution in [0.1, 0.15) is 30.5 Å². The molecule has 0 aliphatic rings. The van der Waals surface area contributed by atoms with Gasteiger partial charge in [-0.15, -0.1) is 0 Å². The standard InChI is InChI=1S/C18H25N3O2S/c1-6-21(7-2)16-8-9-17(19-12-16)20-24(22,23)18-14(4)10-13(3)11-15(18)5/h8-12H,6-7H2,1-5H3,(H,19,20). The Labute approximate surface area is 144 Å². The van der Waals surface area contributed by atoms with Crippen LogP contribution < -0.4 is 9.62 Å². The van der Waals surface area contributed by atoms with E-state index in [0.717, 1.165) is 35.5 Å². The molecule has 0 aliphatic heterocycles. The molecule has 1 heterocycles. The highest BCUT2D eigenvalue weighted by Crippen LogP contribution is 2.24. The van der Waals surface area contributed by atoms with E-state index in [-0.39, 0.29) is 0 Å². The maximum absolute atomic E-state index is 12.7. The third-order valence-electron chi connectivity index (χ3n) is 3.99. The first kappa shape index (κ1) is 18.3. The summed E-state index contributed by atoms with van der Waals surface area (Å²) in [5, 5.41) is 0.